The highest BCUT2D eigenvalue weighted by molar-refractivity contribution is 5.95. The first-order valence-corrected chi connectivity index (χ1v) is 14.0. The second kappa shape index (κ2) is 13.9. The number of amides is 2. The molecule has 208 valence electrons. The minimum Gasteiger partial charge on any atom is -0.381 e. The number of benzene rings is 1. The Kier molecular flexibility index (Phi) is 10.3. The van der Waals surface area contributed by atoms with Crippen LogP contribution >= 0.6 is 0 Å². The van der Waals surface area contributed by atoms with E-state index in [1.165, 1.54) is 0 Å². The van der Waals surface area contributed by atoms with Crippen LogP contribution in [0, 0.1) is 0 Å². The van der Waals surface area contributed by atoms with Gasteiger partial charge < -0.3 is 23.8 Å². The summed E-state index contributed by atoms with van der Waals surface area (Å²) in [4.78, 5) is 37.6. The lowest BCUT2D eigenvalue weighted by molar-refractivity contribution is -0.132. The second-order valence-corrected chi connectivity index (χ2v) is 10.5. The van der Waals surface area contributed by atoms with Gasteiger partial charge in [0.25, 0.3) is 5.91 Å². The molecule has 1 aromatic carbocycles. The number of para-hydroxylation sites is 1. The molecule has 0 unspecified atom stereocenters. The van der Waals surface area contributed by atoms with E-state index in [0.29, 0.717) is 44.6 Å². The van der Waals surface area contributed by atoms with Gasteiger partial charge in [-0.3, -0.25) is 14.5 Å². The van der Waals surface area contributed by atoms with Gasteiger partial charge in [-0.1, -0.05) is 32.0 Å². The highest BCUT2D eigenvalue weighted by Gasteiger charge is 2.27. The van der Waals surface area contributed by atoms with Crippen molar-refractivity contribution < 1.29 is 19.1 Å². The molecule has 4 rings (SSSR count). The maximum atomic E-state index is 13.7. The van der Waals surface area contributed by atoms with Gasteiger partial charge in [-0.15, -0.1) is 0 Å². The molecular formula is C29H43N5O4. The summed E-state index contributed by atoms with van der Waals surface area (Å²) in [6.45, 7) is 9.84. The topological polar surface area (TPSA) is 80.1 Å². The van der Waals surface area contributed by atoms with Gasteiger partial charge in [0.1, 0.15) is 12.4 Å². The predicted molar refractivity (Wildman–Crippen MR) is 147 cm³/mol. The van der Waals surface area contributed by atoms with E-state index in [1.54, 1.807) is 13.3 Å². The number of aromatic nitrogens is 2. The Hall–Kier alpha value is -2.75. The quantitative estimate of drug-likeness (QED) is 0.552. The van der Waals surface area contributed by atoms with Crippen molar-refractivity contribution in [2.75, 3.05) is 58.0 Å². The molecule has 2 aliphatic rings. The van der Waals surface area contributed by atoms with Crippen LogP contribution in [0.25, 0.3) is 0 Å². The number of hydrogen-bond acceptors (Lipinski definition) is 6. The van der Waals surface area contributed by atoms with Gasteiger partial charge >= 0.3 is 0 Å². The SMILES string of the molecule is COCC(=O)N1CCCN(C2CCOCC2)CCN(C(=O)CCn2ccnc2C(C)C)Cc2ccccc21. The fraction of sp³-hybridized carbons (Fsp3) is 0.621. The minimum absolute atomic E-state index is 0.0315. The fourth-order valence-corrected chi connectivity index (χ4v) is 5.58. The molecule has 0 bridgehead atoms. The third-order valence-corrected chi connectivity index (χ3v) is 7.59. The van der Waals surface area contributed by atoms with E-state index in [9.17, 15) is 9.59 Å². The van der Waals surface area contributed by atoms with Crippen molar-refractivity contribution in [2.45, 2.75) is 64.6 Å². The maximum Gasteiger partial charge on any atom is 0.252 e. The molecule has 3 heterocycles. The van der Waals surface area contributed by atoms with Gasteiger partial charge in [0.15, 0.2) is 0 Å². The Morgan fingerprint density at radius 1 is 1.08 bits per heavy atom. The Morgan fingerprint density at radius 2 is 1.87 bits per heavy atom. The van der Waals surface area contributed by atoms with Crippen molar-refractivity contribution in [2.24, 2.45) is 0 Å². The van der Waals surface area contributed by atoms with Crippen molar-refractivity contribution in [1.29, 1.82) is 0 Å². The molecule has 2 amide bonds. The van der Waals surface area contributed by atoms with Crippen LogP contribution in [0.5, 0.6) is 0 Å². The number of rotatable bonds is 7. The molecule has 0 spiro atoms. The van der Waals surface area contributed by atoms with Crippen LogP contribution in [0.1, 0.15) is 56.8 Å². The smallest absolute Gasteiger partial charge is 0.252 e. The van der Waals surface area contributed by atoms with E-state index >= 15 is 0 Å². The first-order valence-electron chi connectivity index (χ1n) is 14.0. The first kappa shape index (κ1) is 28.3. The zero-order valence-electron chi connectivity index (χ0n) is 23.2. The molecule has 0 radical (unpaired) electrons. The normalized spacial score (nSPS) is 18.3. The lowest BCUT2D eigenvalue weighted by atomic mass is 10.1. The van der Waals surface area contributed by atoms with Crippen molar-refractivity contribution in [3.05, 3.63) is 48.0 Å². The summed E-state index contributed by atoms with van der Waals surface area (Å²) in [6, 6.07) is 8.39. The average molecular weight is 526 g/mol. The lowest BCUT2D eigenvalue weighted by Crippen LogP contribution is -2.45. The van der Waals surface area contributed by atoms with Crippen molar-refractivity contribution >= 4 is 17.5 Å². The Balaban J connectivity index is 1.58. The lowest BCUT2D eigenvalue weighted by Gasteiger charge is -2.36. The van der Waals surface area contributed by atoms with Crippen LogP contribution in [0.3, 0.4) is 0 Å². The van der Waals surface area contributed by atoms with Crippen molar-refractivity contribution in [1.82, 2.24) is 19.4 Å². The highest BCUT2D eigenvalue weighted by atomic mass is 16.5. The van der Waals surface area contributed by atoms with Gasteiger partial charge in [0.2, 0.25) is 5.91 Å². The van der Waals surface area contributed by atoms with Gasteiger partial charge in [0.05, 0.1) is 0 Å². The number of methoxy groups -OCH3 is 1. The first-order chi connectivity index (χ1) is 18.5. The van der Waals surface area contributed by atoms with E-state index in [1.807, 2.05) is 40.3 Å². The molecule has 2 aliphatic heterocycles. The summed E-state index contributed by atoms with van der Waals surface area (Å²) >= 11 is 0. The zero-order valence-corrected chi connectivity index (χ0v) is 23.2. The minimum atomic E-state index is -0.0592. The molecule has 1 aromatic heterocycles. The van der Waals surface area contributed by atoms with E-state index in [-0.39, 0.29) is 18.4 Å². The molecule has 2 aromatic rings. The molecule has 0 aliphatic carbocycles. The van der Waals surface area contributed by atoms with Gasteiger partial charge in [-0.25, -0.2) is 4.98 Å². The summed E-state index contributed by atoms with van der Waals surface area (Å²) in [7, 11) is 1.55. The van der Waals surface area contributed by atoms with Crippen LogP contribution in [-0.2, 0) is 32.2 Å². The van der Waals surface area contributed by atoms with Crippen LogP contribution in [0.4, 0.5) is 5.69 Å². The Labute approximate surface area is 226 Å². The number of fused-ring (bicyclic) bond motifs is 1. The standard InChI is InChI=1S/C29H43N5O4/c1-23(2)29-30-12-16-32(29)15-9-27(35)33-18-17-31(25-10-19-38-20-11-25)13-6-14-34(28(36)22-37-3)26-8-5-4-7-24(26)21-33/h4-5,7-8,12,16,23,25H,6,9-11,13-15,17-22H2,1-3H3. The molecule has 38 heavy (non-hydrogen) atoms. The van der Waals surface area contributed by atoms with Crippen molar-refractivity contribution in [3.63, 3.8) is 0 Å². The number of imidazole rings is 1. The molecule has 0 N–H and O–H groups in total. The molecule has 0 atom stereocenters. The van der Waals surface area contributed by atoms with Gasteiger partial charge in [0, 0.05) is 96.1 Å². The molecule has 9 heteroatoms. The van der Waals surface area contributed by atoms with Crippen LogP contribution in [0.15, 0.2) is 36.7 Å². The molecule has 9 nitrogen and oxygen atoms in total. The summed E-state index contributed by atoms with van der Waals surface area (Å²) in [5.41, 5.74) is 1.85. The number of ether oxygens (including phenoxy) is 2. The number of carbonyl (C=O) groups is 2. The summed E-state index contributed by atoms with van der Waals surface area (Å²) in [5, 5.41) is 0. The van der Waals surface area contributed by atoms with Crippen LogP contribution in [-0.4, -0.2) is 90.3 Å². The number of hydrogen-bond donors (Lipinski definition) is 0. The van der Waals surface area contributed by atoms with Crippen LogP contribution in [0.2, 0.25) is 0 Å². The van der Waals surface area contributed by atoms with E-state index in [0.717, 1.165) is 62.6 Å². The molecule has 1 fully saturated rings. The average Bonchev–Trinajstić information content (AvgIpc) is 3.39. The number of anilines is 1. The summed E-state index contributed by atoms with van der Waals surface area (Å²) in [6.07, 6.45) is 7.02. The second-order valence-electron chi connectivity index (χ2n) is 10.5. The summed E-state index contributed by atoms with van der Waals surface area (Å²) in [5.74, 6) is 1.35. The number of nitrogens with zero attached hydrogens (tertiary/aromatic N) is 5. The largest absolute Gasteiger partial charge is 0.381 e. The Bertz CT molecular complexity index is 1050. The highest BCUT2D eigenvalue weighted by Crippen LogP contribution is 2.25. The Morgan fingerprint density at radius 3 is 2.63 bits per heavy atom. The third-order valence-electron chi connectivity index (χ3n) is 7.59. The van der Waals surface area contributed by atoms with E-state index < -0.39 is 0 Å². The van der Waals surface area contributed by atoms with Gasteiger partial charge in [-0.05, 0) is 30.9 Å². The molecule has 0 saturated carbocycles. The van der Waals surface area contributed by atoms with Gasteiger partial charge in [-0.2, -0.15) is 0 Å². The van der Waals surface area contributed by atoms with Crippen molar-refractivity contribution in [3.8, 4) is 0 Å². The zero-order chi connectivity index (χ0) is 26.9. The third kappa shape index (κ3) is 7.21. The predicted octanol–water partition coefficient (Wildman–Crippen LogP) is 3.29. The number of aryl methyl sites for hydroxylation is 1. The molecule has 1 saturated heterocycles. The van der Waals surface area contributed by atoms with E-state index in [4.69, 9.17) is 9.47 Å². The fourth-order valence-electron chi connectivity index (χ4n) is 5.58. The van der Waals surface area contributed by atoms with E-state index in [2.05, 4.69) is 28.3 Å². The molecular weight excluding hydrogens is 482 g/mol. The summed E-state index contributed by atoms with van der Waals surface area (Å²) < 4.78 is 12.9. The maximum absolute atomic E-state index is 13.7. The number of carbonyl (C=O) groups excluding carboxylic acids is 2. The monoisotopic (exact) mass is 525 g/mol. The van der Waals surface area contributed by atoms with Crippen LogP contribution < -0.4 is 4.90 Å².